The minimum atomic E-state index is -0.242. The van der Waals surface area contributed by atoms with Gasteiger partial charge in [-0.1, -0.05) is 54.6 Å². The number of benzene rings is 3. The molecule has 0 amide bonds. The molecule has 2 unspecified atom stereocenters. The summed E-state index contributed by atoms with van der Waals surface area (Å²) in [7, 11) is 0. The monoisotopic (exact) mass is 345 g/mol. The molecule has 4 aromatic rings. The molecule has 3 nitrogen and oxygen atoms in total. The van der Waals surface area contributed by atoms with Crippen molar-refractivity contribution in [2.24, 2.45) is 5.73 Å². The van der Waals surface area contributed by atoms with Gasteiger partial charge in [-0.3, -0.25) is 0 Å². The molecule has 0 spiro atoms. The van der Waals surface area contributed by atoms with Crippen LogP contribution in [0.15, 0.2) is 85.5 Å². The van der Waals surface area contributed by atoms with Crippen LogP contribution in [0.5, 0.6) is 0 Å². The average molecular weight is 345 g/mol. The van der Waals surface area contributed by atoms with Crippen LogP contribution in [0.1, 0.15) is 23.1 Å². The second-order valence-electron chi connectivity index (χ2n) is 6.51. The van der Waals surface area contributed by atoms with Gasteiger partial charge in [-0.05, 0) is 34.0 Å². The smallest absolute Gasteiger partial charge is 0.123 e. The van der Waals surface area contributed by atoms with Crippen LogP contribution in [0.4, 0.5) is 4.39 Å². The van der Waals surface area contributed by atoms with E-state index in [4.69, 9.17) is 5.73 Å². The van der Waals surface area contributed by atoms with Crippen LogP contribution in [-0.4, -0.2) is 9.55 Å². The molecule has 0 fully saturated rings. The molecule has 2 atom stereocenters. The Bertz CT molecular complexity index is 988. The molecule has 0 radical (unpaired) electrons. The van der Waals surface area contributed by atoms with E-state index in [1.807, 2.05) is 41.1 Å². The van der Waals surface area contributed by atoms with Crippen molar-refractivity contribution in [3.05, 3.63) is 102 Å². The fourth-order valence-corrected chi connectivity index (χ4v) is 3.52. The van der Waals surface area contributed by atoms with E-state index in [-0.39, 0.29) is 17.8 Å². The Balaban J connectivity index is 1.78. The van der Waals surface area contributed by atoms with Crippen molar-refractivity contribution in [1.82, 2.24) is 9.55 Å². The van der Waals surface area contributed by atoms with E-state index in [1.165, 1.54) is 17.5 Å². The molecule has 0 saturated carbocycles. The second-order valence-corrected chi connectivity index (χ2v) is 6.51. The Kier molecular flexibility index (Phi) is 4.50. The second kappa shape index (κ2) is 7.10. The Morgan fingerprint density at radius 1 is 0.962 bits per heavy atom. The van der Waals surface area contributed by atoms with Crippen molar-refractivity contribution >= 4 is 10.8 Å². The van der Waals surface area contributed by atoms with Gasteiger partial charge in [-0.2, -0.15) is 0 Å². The predicted octanol–water partition coefficient (Wildman–Crippen LogP) is 4.66. The first kappa shape index (κ1) is 16.5. The fraction of sp³-hybridized carbons (Fsp3) is 0.136. The van der Waals surface area contributed by atoms with Crippen molar-refractivity contribution in [2.45, 2.75) is 18.5 Å². The summed E-state index contributed by atoms with van der Waals surface area (Å²) in [5, 5.41) is 2.32. The average Bonchev–Trinajstić information content (AvgIpc) is 3.19. The molecule has 0 aliphatic heterocycles. The van der Waals surface area contributed by atoms with Gasteiger partial charge in [-0.25, -0.2) is 9.37 Å². The Labute approximate surface area is 151 Å². The first-order valence-electron chi connectivity index (χ1n) is 8.67. The molecular formula is C22H20FN3. The van der Waals surface area contributed by atoms with Crippen molar-refractivity contribution in [2.75, 3.05) is 0 Å². The molecule has 1 heterocycles. The van der Waals surface area contributed by atoms with Gasteiger partial charge >= 0.3 is 0 Å². The minimum absolute atomic E-state index is 0.00407. The normalized spacial score (nSPS) is 13.6. The van der Waals surface area contributed by atoms with Crippen molar-refractivity contribution in [1.29, 1.82) is 0 Å². The van der Waals surface area contributed by atoms with E-state index in [0.717, 1.165) is 16.5 Å². The maximum Gasteiger partial charge on any atom is 0.123 e. The quantitative estimate of drug-likeness (QED) is 0.572. The standard InChI is InChI=1S/C22H20FN3/c23-18-10-8-17(9-11-18)21(14-26-13-12-25-15-26)22(24)20-7-3-5-16-4-1-2-6-19(16)20/h1-13,15,21-22H,14,24H2. The van der Waals surface area contributed by atoms with Crippen LogP contribution in [0.25, 0.3) is 10.8 Å². The maximum absolute atomic E-state index is 13.4. The maximum atomic E-state index is 13.4. The Morgan fingerprint density at radius 3 is 2.50 bits per heavy atom. The van der Waals surface area contributed by atoms with Gasteiger partial charge < -0.3 is 10.3 Å². The Morgan fingerprint density at radius 2 is 1.73 bits per heavy atom. The molecule has 0 saturated heterocycles. The lowest BCUT2D eigenvalue weighted by molar-refractivity contribution is 0.478. The lowest BCUT2D eigenvalue weighted by Crippen LogP contribution is -2.24. The van der Waals surface area contributed by atoms with E-state index in [0.29, 0.717) is 6.54 Å². The molecule has 4 rings (SSSR count). The molecule has 3 aromatic carbocycles. The zero-order chi connectivity index (χ0) is 17.9. The van der Waals surface area contributed by atoms with Crippen molar-refractivity contribution < 1.29 is 4.39 Å². The van der Waals surface area contributed by atoms with E-state index in [2.05, 4.69) is 29.2 Å². The van der Waals surface area contributed by atoms with E-state index in [9.17, 15) is 4.39 Å². The summed E-state index contributed by atoms with van der Waals surface area (Å²) in [6.45, 7) is 0.677. The molecule has 0 aliphatic carbocycles. The van der Waals surface area contributed by atoms with Gasteiger partial charge in [0.25, 0.3) is 0 Å². The molecule has 1 aromatic heterocycles. The SMILES string of the molecule is NC(c1cccc2ccccc12)C(Cn1ccnc1)c1ccc(F)cc1. The third-order valence-electron chi connectivity index (χ3n) is 4.88. The lowest BCUT2D eigenvalue weighted by atomic mass is 9.85. The molecule has 130 valence electrons. The third kappa shape index (κ3) is 3.24. The molecule has 26 heavy (non-hydrogen) atoms. The zero-order valence-corrected chi connectivity index (χ0v) is 14.3. The van der Waals surface area contributed by atoms with E-state index < -0.39 is 0 Å². The third-order valence-corrected chi connectivity index (χ3v) is 4.88. The fourth-order valence-electron chi connectivity index (χ4n) is 3.52. The number of nitrogens with two attached hydrogens (primary N) is 1. The zero-order valence-electron chi connectivity index (χ0n) is 14.3. The van der Waals surface area contributed by atoms with Crippen LogP contribution in [0.2, 0.25) is 0 Å². The number of fused-ring (bicyclic) bond motifs is 1. The predicted molar refractivity (Wildman–Crippen MR) is 102 cm³/mol. The number of imidazole rings is 1. The first-order chi connectivity index (χ1) is 12.7. The van der Waals surface area contributed by atoms with Crippen molar-refractivity contribution in [3.8, 4) is 0 Å². The molecule has 2 N–H and O–H groups in total. The lowest BCUT2D eigenvalue weighted by Gasteiger charge is -2.26. The number of aromatic nitrogens is 2. The van der Waals surface area contributed by atoms with Gasteiger partial charge in [0, 0.05) is 30.9 Å². The number of hydrogen-bond donors (Lipinski definition) is 1. The van der Waals surface area contributed by atoms with Gasteiger partial charge in [-0.15, -0.1) is 0 Å². The summed E-state index contributed by atoms with van der Waals surface area (Å²) >= 11 is 0. The van der Waals surface area contributed by atoms with Crippen LogP contribution in [0, 0.1) is 5.82 Å². The van der Waals surface area contributed by atoms with Crippen LogP contribution >= 0.6 is 0 Å². The molecule has 0 bridgehead atoms. The van der Waals surface area contributed by atoms with Crippen LogP contribution in [0.3, 0.4) is 0 Å². The summed E-state index contributed by atoms with van der Waals surface area (Å²) in [6, 6.07) is 20.9. The first-order valence-corrected chi connectivity index (χ1v) is 8.67. The highest BCUT2D eigenvalue weighted by molar-refractivity contribution is 5.86. The van der Waals surface area contributed by atoms with Crippen LogP contribution in [-0.2, 0) is 6.54 Å². The highest BCUT2D eigenvalue weighted by atomic mass is 19.1. The molecule has 4 heteroatoms. The highest BCUT2D eigenvalue weighted by Crippen LogP contribution is 2.34. The van der Waals surface area contributed by atoms with Crippen molar-refractivity contribution in [3.63, 3.8) is 0 Å². The van der Waals surface area contributed by atoms with Crippen LogP contribution < -0.4 is 5.73 Å². The molecule has 0 aliphatic rings. The van der Waals surface area contributed by atoms with E-state index in [1.54, 1.807) is 12.5 Å². The number of halogens is 1. The van der Waals surface area contributed by atoms with E-state index >= 15 is 0 Å². The summed E-state index contributed by atoms with van der Waals surface area (Å²) < 4.78 is 15.4. The Hall–Kier alpha value is -2.98. The topological polar surface area (TPSA) is 43.8 Å². The largest absolute Gasteiger partial charge is 0.337 e. The summed E-state index contributed by atoms with van der Waals surface area (Å²) in [4.78, 5) is 4.13. The number of hydrogen-bond acceptors (Lipinski definition) is 2. The molecular weight excluding hydrogens is 325 g/mol. The summed E-state index contributed by atoms with van der Waals surface area (Å²) in [5.41, 5.74) is 8.87. The minimum Gasteiger partial charge on any atom is -0.337 e. The number of rotatable bonds is 5. The summed E-state index contributed by atoms with van der Waals surface area (Å²) in [5.74, 6) is -0.246. The highest BCUT2D eigenvalue weighted by Gasteiger charge is 2.23. The number of nitrogens with zero attached hydrogens (tertiary/aromatic N) is 2. The van der Waals surface area contributed by atoms with Gasteiger partial charge in [0.1, 0.15) is 5.82 Å². The summed E-state index contributed by atoms with van der Waals surface area (Å²) in [6.07, 6.45) is 5.46. The van der Waals surface area contributed by atoms with Gasteiger partial charge in [0.05, 0.1) is 6.33 Å². The van der Waals surface area contributed by atoms with Gasteiger partial charge in [0.15, 0.2) is 0 Å². The van der Waals surface area contributed by atoms with Gasteiger partial charge in [0.2, 0.25) is 0 Å².